The summed E-state index contributed by atoms with van der Waals surface area (Å²) in [6.45, 7) is 22.2. The fraction of sp³-hybridized carbons (Fsp3) is 0.758. The van der Waals surface area contributed by atoms with Crippen molar-refractivity contribution in [1.82, 2.24) is 0 Å². The van der Waals surface area contributed by atoms with Crippen LogP contribution in [0.15, 0.2) is 54.6 Å². The zero-order valence-electron chi connectivity index (χ0n) is 75.6. The van der Waals surface area contributed by atoms with E-state index in [0.717, 1.165) is 210 Å². The van der Waals surface area contributed by atoms with Crippen molar-refractivity contribution < 1.29 is 96.2 Å². The molecular weight excluding hydrogens is 1540 g/mol. The van der Waals surface area contributed by atoms with Crippen molar-refractivity contribution in [1.29, 1.82) is 0 Å². The van der Waals surface area contributed by atoms with Crippen molar-refractivity contribution in [3.63, 3.8) is 0 Å². The molecule has 0 aromatic heterocycles. The van der Waals surface area contributed by atoms with E-state index >= 15 is 0 Å². The fourth-order valence-corrected chi connectivity index (χ4v) is 20.2. The molecule has 3 aromatic carbocycles. The van der Waals surface area contributed by atoms with Crippen molar-refractivity contribution in [3.05, 3.63) is 88.0 Å². The summed E-state index contributed by atoms with van der Waals surface area (Å²) in [4.78, 5) is 70.6. The number of Topliss-reactive ketones (excluding diaryl/α,β-unsaturated/α-hetero) is 1. The maximum atomic E-state index is 12.9. The topological polar surface area (TPSA) is 265 Å². The Hall–Kier alpha value is -5.71. The summed E-state index contributed by atoms with van der Waals surface area (Å²) in [6.07, 6.45) is 35.3. The largest absolute Gasteiger partial charge is 0.486 e. The summed E-state index contributed by atoms with van der Waals surface area (Å²) in [5.74, 6) is 5.97. The number of ether oxygens (including phenoxy) is 11. The third-order valence-electron chi connectivity index (χ3n) is 26.0. The van der Waals surface area contributed by atoms with Gasteiger partial charge in [-0.15, -0.1) is 0 Å². The van der Waals surface area contributed by atoms with Crippen LogP contribution in [0.2, 0.25) is 0 Å². The van der Waals surface area contributed by atoms with E-state index in [-0.39, 0.29) is 116 Å². The number of carbonyl (C=O) groups is 6. The van der Waals surface area contributed by atoms with Crippen molar-refractivity contribution in [2.45, 2.75) is 356 Å². The second-order valence-electron chi connectivity index (χ2n) is 36.5. The molecule has 2 heterocycles. The van der Waals surface area contributed by atoms with Gasteiger partial charge in [0.2, 0.25) is 5.24 Å². The number of ketones is 1. The molecule has 3 N–H and O–H groups in total. The maximum absolute atomic E-state index is 12.9. The molecule has 0 radical (unpaired) electrons. The highest BCUT2D eigenvalue weighted by atomic mass is 35.5. The monoisotopic (exact) mass is 1700 g/mol. The van der Waals surface area contributed by atoms with Crippen LogP contribution < -0.4 is 14.2 Å². The Kier molecular flexibility index (Phi) is 46.4. The predicted octanol–water partition coefficient (Wildman–Crippen LogP) is 19.5. The third-order valence-corrected chi connectivity index (χ3v) is 26.2. The van der Waals surface area contributed by atoms with Gasteiger partial charge in [0.25, 0.3) is 0 Å². The van der Waals surface area contributed by atoms with E-state index in [4.69, 9.17) is 68.8 Å². The number of esters is 4. The summed E-state index contributed by atoms with van der Waals surface area (Å²) in [7, 11) is 3.73. The van der Waals surface area contributed by atoms with Crippen molar-refractivity contribution >= 4 is 46.5 Å². The Morgan fingerprint density at radius 3 is 1.21 bits per heavy atom. The van der Waals surface area contributed by atoms with Gasteiger partial charge in [-0.3, -0.25) is 19.2 Å². The molecule has 3 aromatic rings. The van der Waals surface area contributed by atoms with Gasteiger partial charge in [0.1, 0.15) is 36.1 Å². The molecule has 17 atom stereocenters. The number of carbonyl (C=O) groups excluding carboxylic acids is 6. The van der Waals surface area contributed by atoms with E-state index in [2.05, 4.69) is 52.8 Å². The van der Waals surface area contributed by atoms with E-state index in [1.165, 1.54) is 87.0 Å². The molecule has 21 heteroatoms. The lowest BCUT2D eigenvalue weighted by molar-refractivity contribution is -0.192. The summed E-state index contributed by atoms with van der Waals surface area (Å²) >= 11 is 5.03. The lowest BCUT2D eigenvalue weighted by Gasteiger charge is -2.33. The molecule has 2 saturated heterocycles. The van der Waals surface area contributed by atoms with Crippen molar-refractivity contribution in [3.8, 4) is 17.2 Å². The highest BCUT2D eigenvalue weighted by Crippen LogP contribution is 2.53. The average Bonchev–Trinajstić information content (AvgIpc) is 1.61. The molecule has 20 nitrogen and oxygen atoms in total. The van der Waals surface area contributed by atoms with E-state index in [9.17, 15) is 39.0 Å². The second-order valence-corrected chi connectivity index (χ2v) is 37.0. The first-order chi connectivity index (χ1) is 57.9. The van der Waals surface area contributed by atoms with Gasteiger partial charge in [0.05, 0.1) is 38.6 Å². The molecule has 5 fully saturated rings. The molecule has 120 heavy (non-hydrogen) atoms. The first-order valence-corrected chi connectivity index (χ1v) is 47.1. The van der Waals surface area contributed by atoms with Gasteiger partial charge in [0.15, 0.2) is 31.6 Å². The molecule has 8 aliphatic rings. The molecule has 6 aliphatic carbocycles. The molecule has 11 rings (SSSR count). The van der Waals surface area contributed by atoms with Crippen LogP contribution in [0.3, 0.4) is 0 Å². The number of hydrogen-bond acceptors (Lipinski definition) is 20. The fourth-order valence-electron chi connectivity index (χ4n) is 19.9. The molecule has 678 valence electrons. The second kappa shape index (κ2) is 54.9. The average molecular weight is 1700 g/mol. The highest BCUT2D eigenvalue weighted by Gasteiger charge is 2.50. The summed E-state index contributed by atoms with van der Waals surface area (Å²) in [6, 6.07) is 18.4. The first kappa shape index (κ1) is 101. The number of methoxy groups -OCH3 is 2. The Bertz CT molecular complexity index is 3470. The number of hydrogen-bond donors (Lipinski definition) is 3. The highest BCUT2D eigenvalue weighted by molar-refractivity contribution is 6.63. The summed E-state index contributed by atoms with van der Waals surface area (Å²) in [5.41, 5.74) is 7.44. The molecule has 0 bridgehead atoms. The molecule has 3 saturated carbocycles. The van der Waals surface area contributed by atoms with Crippen LogP contribution in [0.5, 0.6) is 17.2 Å². The minimum absolute atomic E-state index is 0.0452. The molecule has 0 amide bonds. The van der Waals surface area contributed by atoms with Crippen LogP contribution in [-0.4, -0.2) is 154 Å². The number of fused-ring (bicyclic) bond motifs is 6. The van der Waals surface area contributed by atoms with E-state index in [1.807, 2.05) is 71.0 Å². The van der Waals surface area contributed by atoms with Crippen LogP contribution in [-0.2, 0) is 105 Å². The number of aliphatic hydroxyl groups is 3. The zero-order valence-corrected chi connectivity index (χ0v) is 76.4. The number of benzene rings is 3. The number of aliphatic hydroxyl groups excluding tert-OH is 3. The van der Waals surface area contributed by atoms with Gasteiger partial charge < -0.3 is 67.4 Å². The van der Waals surface area contributed by atoms with Crippen LogP contribution in [0.25, 0.3) is 0 Å². The standard InChI is InChI=1S/C34H52O7.C30H46O5.C29H44O6.C5H9ClO.CH4O/c1-5-6-7-12-26(40-34-14-8-9-17-38-34)15-16-27-28-19-24-11-10-13-30(39-22-33(36)37-4)29(24)20-25(28)21-31(27)41-32(35)18-23(2)3;1-3-5-6-11-24(35-30-13-7-8-16-33-30)14-15-25-26-17-21-10-9-12-29(34-20-23(31)4-2)27(21)18-22(26)19-28(25)32;1-5-6-7-10-22(30)12-13-23-24-15-20-9-8-11-26(34-18-29(32)33-4)25(20)16-21(24)17-27(23)35-28(31)14-19(2)3;1-4(2)3-5(6)7;1-2/h10-11,13,23,25-28,31,34H,5-9,12,14-22H2,1-4H3;9-10,12,22,24-26,28,30,32H,3-8,11,13-20H2,1-2H3;8-9,11,19,21-24,27,30H,5-7,10,12-18H2,1-4H3;4H,3H2,1-2H3;2H,1H3/t25-,26-,27+,28-,31+,34?;22-,24-,25+,26-,28+,30?;21-,22-,23+,24-,27+;;/m000../s1. The number of halogens is 1. The summed E-state index contributed by atoms with van der Waals surface area (Å²) < 4.78 is 64.2. The summed E-state index contributed by atoms with van der Waals surface area (Å²) in [5, 5.41) is 28.4. The van der Waals surface area contributed by atoms with Crippen LogP contribution in [0.1, 0.15) is 302 Å². The van der Waals surface area contributed by atoms with Gasteiger partial charge >= 0.3 is 23.9 Å². The van der Waals surface area contributed by atoms with Gasteiger partial charge in [-0.2, -0.15) is 0 Å². The van der Waals surface area contributed by atoms with Crippen molar-refractivity contribution in [2.24, 2.45) is 71.0 Å². The molecule has 2 aliphatic heterocycles. The molecular formula is C99H155ClO20. The van der Waals surface area contributed by atoms with E-state index < -0.39 is 5.97 Å². The van der Waals surface area contributed by atoms with Gasteiger partial charge in [-0.1, -0.05) is 163 Å². The van der Waals surface area contributed by atoms with Gasteiger partial charge in [0, 0.05) is 46.0 Å². The SMILES string of the molecule is CC(C)CC(=O)Cl.CCCCC[C@@H](CC[C@@H]1[C@H]2Cc3cccc(OCC(=O)CC)c3C[C@H]2C[C@H]1O)OC1CCCCO1.CCCCC[C@@H](CC[C@@H]1[C@H]2Cc3cccc(OCC(=O)OC)c3C[C@H]2C[C@H]1OC(=O)CC(C)C)OC1CCCCO1.CCCCC[C@H](O)CC[C@@H]1[C@H]2Cc3cccc(OCC(=O)OC)c3C[C@H]2C[C@H]1OC(=O)CC(C)C.CO. The third kappa shape index (κ3) is 33.7. The Labute approximate surface area is 725 Å². The maximum Gasteiger partial charge on any atom is 0.343 e. The number of unbranched alkanes of at least 4 members (excludes halogenated alkanes) is 6. The van der Waals surface area contributed by atoms with Crippen LogP contribution in [0.4, 0.5) is 0 Å². The number of rotatable bonds is 43. The zero-order chi connectivity index (χ0) is 87.0. The molecule has 0 spiro atoms. The molecule has 2 unspecified atom stereocenters. The Morgan fingerprint density at radius 1 is 0.458 bits per heavy atom. The minimum Gasteiger partial charge on any atom is -0.486 e. The predicted molar refractivity (Wildman–Crippen MR) is 469 cm³/mol. The lowest BCUT2D eigenvalue weighted by Crippen LogP contribution is -2.32. The normalized spacial score (nSPS) is 25.0. The van der Waals surface area contributed by atoms with E-state index in [0.29, 0.717) is 78.9 Å². The Balaban J connectivity index is 0.000000236. The van der Waals surface area contributed by atoms with Gasteiger partial charge in [-0.05, 0) is 288 Å². The quantitative estimate of drug-likeness (QED) is 0.0206. The minimum atomic E-state index is -0.396. The van der Waals surface area contributed by atoms with E-state index in [1.54, 1.807) is 0 Å². The first-order valence-electron chi connectivity index (χ1n) is 46.7. The van der Waals surface area contributed by atoms with Crippen LogP contribution in [0, 0.1) is 71.0 Å². The van der Waals surface area contributed by atoms with Crippen LogP contribution >= 0.6 is 11.6 Å². The van der Waals surface area contributed by atoms with Gasteiger partial charge in [-0.25, -0.2) is 9.59 Å². The Morgan fingerprint density at radius 2 is 0.842 bits per heavy atom. The lowest BCUT2D eigenvalue weighted by atomic mass is 9.73. The smallest absolute Gasteiger partial charge is 0.343 e. The van der Waals surface area contributed by atoms with Crippen molar-refractivity contribution in [2.75, 3.05) is 54.4 Å².